The number of hydrogen-bond donors (Lipinski definition) is 1. The highest BCUT2D eigenvalue weighted by atomic mass is 32.1. The van der Waals surface area contributed by atoms with Gasteiger partial charge in [0.05, 0.1) is 0 Å². The lowest BCUT2D eigenvalue weighted by molar-refractivity contribution is 0.579. The molecular formula is C14H14N2S. The van der Waals surface area contributed by atoms with Crippen molar-refractivity contribution in [3.8, 4) is 6.07 Å². The Hall–Kier alpha value is -1.63. The van der Waals surface area contributed by atoms with Crippen LogP contribution in [0.4, 0.5) is 0 Å². The maximum absolute atomic E-state index is 8.75. The highest BCUT2D eigenvalue weighted by molar-refractivity contribution is 7.12. The molecule has 2 nitrogen and oxygen atoms in total. The molecule has 2 aromatic rings. The van der Waals surface area contributed by atoms with Crippen LogP contribution < -0.4 is 5.32 Å². The molecule has 0 saturated heterocycles. The van der Waals surface area contributed by atoms with E-state index in [9.17, 15) is 0 Å². The lowest BCUT2D eigenvalue weighted by Gasteiger charge is -2.13. The zero-order valence-electron chi connectivity index (χ0n) is 9.68. The van der Waals surface area contributed by atoms with Crippen LogP contribution in [0.5, 0.6) is 0 Å². The number of hydrogen-bond acceptors (Lipinski definition) is 3. The van der Waals surface area contributed by atoms with Crippen LogP contribution in [0.3, 0.4) is 0 Å². The molecule has 0 aliphatic heterocycles. The van der Waals surface area contributed by atoms with E-state index >= 15 is 0 Å². The van der Waals surface area contributed by atoms with E-state index in [2.05, 4.69) is 30.4 Å². The fourth-order valence-electron chi connectivity index (χ4n) is 1.65. The fraction of sp³-hybridized carbons (Fsp3) is 0.214. The molecule has 2 rings (SSSR count). The Balaban J connectivity index is 1.92. The van der Waals surface area contributed by atoms with Gasteiger partial charge in [0.15, 0.2) is 0 Å². The van der Waals surface area contributed by atoms with E-state index in [1.165, 1.54) is 10.4 Å². The molecule has 1 aromatic carbocycles. The zero-order chi connectivity index (χ0) is 12.1. The Morgan fingerprint density at radius 3 is 2.65 bits per heavy atom. The third kappa shape index (κ3) is 3.16. The monoisotopic (exact) mass is 242 g/mol. The van der Waals surface area contributed by atoms with Crippen molar-refractivity contribution in [2.75, 3.05) is 0 Å². The Morgan fingerprint density at radius 2 is 2.00 bits per heavy atom. The molecule has 0 spiro atoms. The maximum atomic E-state index is 8.75. The second kappa shape index (κ2) is 5.62. The van der Waals surface area contributed by atoms with Gasteiger partial charge in [-0.2, -0.15) is 5.26 Å². The van der Waals surface area contributed by atoms with Gasteiger partial charge in [-0.25, -0.2) is 0 Å². The minimum absolute atomic E-state index is 0.323. The summed E-state index contributed by atoms with van der Waals surface area (Å²) >= 11 is 1.55. The summed E-state index contributed by atoms with van der Waals surface area (Å²) in [6.45, 7) is 2.95. The van der Waals surface area contributed by atoms with Gasteiger partial charge in [0.25, 0.3) is 0 Å². The van der Waals surface area contributed by atoms with E-state index in [-0.39, 0.29) is 0 Å². The summed E-state index contributed by atoms with van der Waals surface area (Å²) in [5, 5.41) is 12.2. The molecule has 1 atom stereocenters. The first kappa shape index (κ1) is 11.8. The van der Waals surface area contributed by atoms with Crippen LogP contribution in [-0.2, 0) is 6.54 Å². The van der Waals surface area contributed by atoms with E-state index in [0.717, 1.165) is 11.4 Å². The summed E-state index contributed by atoms with van der Waals surface area (Å²) in [7, 11) is 0. The Bertz CT molecular complexity index is 511. The molecule has 3 heteroatoms. The van der Waals surface area contributed by atoms with Gasteiger partial charge in [0, 0.05) is 17.5 Å². The molecule has 0 amide bonds. The predicted octanol–water partition coefficient (Wildman–Crippen LogP) is 3.47. The summed E-state index contributed by atoms with van der Waals surface area (Å²) in [5.74, 6) is 0. The fourth-order valence-corrected chi connectivity index (χ4v) is 2.40. The molecule has 1 heterocycles. The molecular weight excluding hydrogens is 228 g/mol. The second-order valence-electron chi connectivity index (χ2n) is 3.89. The lowest BCUT2D eigenvalue weighted by Crippen LogP contribution is -2.17. The van der Waals surface area contributed by atoms with Crippen LogP contribution in [0.25, 0.3) is 0 Å². The Morgan fingerprint density at radius 1 is 1.24 bits per heavy atom. The standard InChI is InChI=1S/C14H14N2S/c1-11(12-5-3-2-4-6-12)16-10-14-8-7-13(9-15)17-14/h2-8,11,16H,10H2,1H3. The predicted molar refractivity (Wildman–Crippen MR) is 70.7 cm³/mol. The Labute approximate surface area is 106 Å². The highest BCUT2D eigenvalue weighted by Gasteiger charge is 2.05. The molecule has 0 saturated carbocycles. The zero-order valence-corrected chi connectivity index (χ0v) is 10.5. The first-order chi connectivity index (χ1) is 8.29. The average Bonchev–Trinajstić information content (AvgIpc) is 2.85. The van der Waals surface area contributed by atoms with E-state index < -0.39 is 0 Å². The van der Waals surface area contributed by atoms with Crippen molar-refractivity contribution < 1.29 is 0 Å². The van der Waals surface area contributed by atoms with Gasteiger partial charge in [0.2, 0.25) is 0 Å². The van der Waals surface area contributed by atoms with E-state index in [1.54, 1.807) is 11.3 Å². The highest BCUT2D eigenvalue weighted by Crippen LogP contribution is 2.17. The smallest absolute Gasteiger partial charge is 0.110 e. The van der Waals surface area contributed by atoms with Gasteiger partial charge in [-0.15, -0.1) is 11.3 Å². The summed E-state index contributed by atoms with van der Waals surface area (Å²) in [6, 6.07) is 16.7. The molecule has 86 valence electrons. The first-order valence-corrected chi connectivity index (χ1v) is 6.38. The summed E-state index contributed by atoms with van der Waals surface area (Å²) in [4.78, 5) is 1.97. The van der Waals surface area contributed by atoms with Gasteiger partial charge in [-0.05, 0) is 24.6 Å². The van der Waals surface area contributed by atoms with Crippen molar-refractivity contribution in [3.63, 3.8) is 0 Å². The normalized spacial score (nSPS) is 12.0. The molecule has 0 radical (unpaired) electrons. The molecule has 0 aliphatic carbocycles. The van der Waals surface area contributed by atoms with Crippen molar-refractivity contribution >= 4 is 11.3 Å². The van der Waals surface area contributed by atoms with E-state index in [1.807, 2.05) is 30.3 Å². The SMILES string of the molecule is CC(NCc1ccc(C#N)s1)c1ccccc1. The number of nitriles is 1. The van der Waals surface area contributed by atoms with Crippen molar-refractivity contribution in [1.29, 1.82) is 5.26 Å². The average molecular weight is 242 g/mol. The topological polar surface area (TPSA) is 35.8 Å². The largest absolute Gasteiger partial charge is 0.305 e. The molecule has 0 bridgehead atoms. The van der Waals surface area contributed by atoms with E-state index in [4.69, 9.17) is 5.26 Å². The second-order valence-corrected chi connectivity index (χ2v) is 5.06. The van der Waals surface area contributed by atoms with Gasteiger partial charge in [0.1, 0.15) is 10.9 Å². The van der Waals surface area contributed by atoms with Crippen LogP contribution in [0, 0.1) is 11.3 Å². The molecule has 1 unspecified atom stereocenters. The molecule has 1 aromatic heterocycles. The van der Waals surface area contributed by atoms with Gasteiger partial charge in [-0.1, -0.05) is 30.3 Å². The minimum atomic E-state index is 0.323. The number of nitrogens with one attached hydrogen (secondary N) is 1. The van der Waals surface area contributed by atoms with Gasteiger partial charge < -0.3 is 5.32 Å². The van der Waals surface area contributed by atoms with Gasteiger partial charge >= 0.3 is 0 Å². The molecule has 0 aliphatic rings. The number of rotatable bonds is 4. The summed E-state index contributed by atoms with van der Waals surface area (Å²) in [6.07, 6.45) is 0. The Kier molecular flexibility index (Phi) is 3.92. The van der Waals surface area contributed by atoms with Gasteiger partial charge in [-0.3, -0.25) is 0 Å². The molecule has 0 fully saturated rings. The van der Waals surface area contributed by atoms with Crippen LogP contribution in [-0.4, -0.2) is 0 Å². The number of benzene rings is 1. The molecule has 17 heavy (non-hydrogen) atoms. The van der Waals surface area contributed by atoms with Crippen LogP contribution in [0.1, 0.15) is 28.3 Å². The lowest BCUT2D eigenvalue weighted by atomic mass is 10.1. The third-order valence-electron chi connectivity index (χ3n) is 2.65. The molecule has 1 N–H and O–H groups in total. The van der Waals surface area contributed by atoms with Crippen LogP contribution in [0.2, 0.25) is 0 Å². The third-order valence-corrected chi connectivity index (χ3v) is 3.64. The van der Waals surface area contributed by atoms with Crippen molar-refractivity contribution in [1.82, 2.24) is 5.32 Å². The van der Waals surface area contributed by atoms with Crippen molar-refractivity contribution in [2.24, 2.45) is 0 Å². The summed E-state index contributed by atoms with van der Waals surface area (Å²) < 4.78 is 0. The van der Waals surface area contributed by atoms with Crippen molar-refractivity contribution in [2.45, 2.75) is 19.5 Å². The minimum Gasteiger partial charge on any atom is -0.305 e. The summed E-state index contributed by atoms with van der Waals surface area (Å²) in [5.41, 5.74) is 1.28. The number of nitrogens with zero attached hydrogens (tertiary/aromatic N) is 1. The van der Waals surface area contributed by atoms with Crippen LogP contribution in [0.15, 0.2) is 42.5 Å². The van der Waals surface area contributed by atoms with Crippen molar-refractivity contribution in [3.05, 3.63) is 57.8 Å². The first-order valence-electron chi connectivity index (χ1n) is 5.57. The maximum Gasteiger partial charge on any atom is 0.110 e. The number of thiophene rings is 1. The van der Waals surface area contributed by atoms with Crippen LogP contribution >= 0.6 is 11.3 Å². The van der Waals surface area contributed by atoms with E-state index in [0.29, 0.717) is 6.04 Å². The quantitative estimate of drug-likeness (QED) is 0.891.